The highest BCUT2D eigenvalue weighted by atomic mass is 31.0. The molecular formula is C11H11OP. The van der Waals surface area contributed by atoms with Crippen molar-refractivity contribution in [1.29, 1.82) is 0 Å². The Bertz CT molecular complexity index is 401. The molecule has 1 unspecified atom stereocenters. The van der Waals surface area contributed by atoms with Gasteiger partial charge in [-0.25, -0.2) is 0 Å². The highest BCUT2D eigenvalue weighted by molar-refractivity contribution is 7.22. The first-order valence-electron chi connectivity index (χ1n) is 4.24. The van der Waals surface area contributed by atoms with Gasteiger partial charge < -0.3 is 4.74 Å². The summed E-state index contributed by atoms with van der Waals surface area (Å²) in [6, 6.07) is 6.22. The smallest absolute Gasteiger partial charge is 0.161 e. The lowest BCUT2D eigenvalue weighted by molar-refractivity contribution is 0.464. The molecule has 0 saturated carbocycles. The number of hydrogen-bond acceptors (Lipinski definition) is 1. The lowest BCUT2D eigenvalue weighted by Crippen LogP contribution is -1.90. The lowest BCUT2D eigenvalue weighted by Gasteiger charge is -2.07. The molecule has 1 nitrogen and oxygen atoms in total. The van der Waals surface area contributed by atoms with Crippen LogP contribution in [0.4, 0.5) is 0 Å². The zero-order valence-electron chi connectivity index (χ0n) is 7.50. The molecule has 0 amide bonds. The second-order valence-corrected chi connectivity index (χ2v) is 3.65. The fraction of sp³-hybridized carbons (Fsp3) is 0.182. The standard InChI is InChI=1S/C11H11OP/c1-8-5-6-10-9(7-8)3-2-4-11(13)12-10/h2,5-7H,3,13H2,1H3. The summed E-state index contributed by atoms with van der Waals surface area (Å²) in [6.07, 6.45) is 2.89. The Hall–Kier alpha value is -1.03. The molecule has 0 aliphatic carbocycles. The molecule has 0 saturated heterocycles. The average molecular weight is 190 g/mol. The van der Waals surface area contributed by atoms with Gasteiger partial charge in [-0.1, -0.05) is 32.7 Å². The van der Waals surface area contributed by atoms with Crippen molar-refractivity contribution >= 4 is 9.24 Å². The van der Waals surface area contributed by atoms with E-state index in [0.29, 0.717) is 0 Å². The van der Waals surface area contributed by atoms with Crippen molar-refractivity contribution in [3.8, 4) is 5.75 Å². The third-order valence-corrected chi connectivity index (χ3v) is 2.29. The van der Waals surface area contributed by atoms with Crippen LogP contribution in [0.5, 0.6) is 5.75 Å². The maximum absolute atomic E-state index is 5.55. The molecule has 1 aliphatic rings. The molecule has 0 bridgehead atoms. The van der Waals surface area contributed by atoms with Crippen LogP contribution in [-0.4, -0.2) is 0 Å². The number of ether oxygens (including phenoxy) is 1. The number of fused-ring (bicyclic) bond motifs is 1. The minimum Gasteiger partial charge on any atom is -0.449 e. The molecule has 1 atom stereocenters. The summed E-state index contributed by atoms with van der Waals surface area (Å²) in [6.45, 7) is 2.09. The SMILES string of the molecule is Cc1ccc2c(c1)CC=C=C(P)O2. The van der Waals surface area contributed by atoms with Gasteiger partial charge in [-0.2, -0.15) is 0 Å². The summed E-state index contributed by atoms with van der Waals surface area (Å²) in [5.74, 6) is 0.942. The number of benzene rings is 1. The van der Waals surface area contributed by atoms with Gasteiger partial charge in [0.1, 0.15) is 5.75 Å². The summed E-state index contributed by atoms with van der Waals surface area (Å²) in [7, 11) is 2.53. The van der Waals surface area contributed by atoms with Crippen molar-refractivity contribution in [1.82, 2.24) is 0 Å². The predicted octanol–water partition coefficient (Wildman–Crippen LogP) is 2.80. The molecule has 0 radical (unpaired) electrons. The van der Waals surface area contributed by atoms with Crippen LogP contribution in [0.2, 0.25) is 0 Å². The van der Waals surface area contributed by atoms with Gasteiger partial charge in [-0.15, -0.1) is 0 Å². The minimum absolute atomic E-state index is 0.752. The van der Waals surface area contributed by atoms with E-state index >= 15 is 0 Å². The zero-order chi connectivity index (χ0) is 9.26. The molecule has 0 spiro atoms. The van der Waals surface area contributed by atoms with Crippen molar-refractivity contribution in [3.63, 3.8) is 0 Å². The normalized spacial score (nSPS) is 14.2. The Morgan fingerprint density at radius 1 is 1.46 bits per heavy atom. The third-order valence-electron chi connectivity index (χ3n) is 2.00. The summed E-state index contributed by atoms with van der Waals surface area (Å²) in [5.41, 5.74) is 6.29. The van der Waals surface area contributed by atoms with Crippen molar-refractivity contribution in [2.45, 2.75) is 13.3 Å². The predicted molar refractivity (Wildman–Crippen MR) is 56.8 cm³/mol. The number of aryl methyl sites for hydroxylation is 1. The van der Waals surface area contributed by atoms with E-state index in [1.807, 2.05) is 12.1 Å². The Morgan fingerprint density at radius 3 is 3.15 bits per heavy atom. The van der Waals surface area contributed by atoms with E-state index in [9.17, 15) is 0 Å². The molecule has 1 heterocycles. The molecule has 0 N–H and O–H groups in total. The summed E-state index contributed by atoms with van der Waals surface area (Å²) < 4.78 is 5.55. The van der Waals surface area contributed by atoms with E-state index < -0.39 is 0 Å². The van der Waals surface area contributed by atoms with Gasteiger partial charge in [-0.05, 0) is 24.6 Å². The van der Waals surface area contributed by atoms with Crippen molar-refractivity contribution in [3.05, 3.63) is 46.6 Å². The van der Waals surface area contributed by atoms with Crippen LogP contribution in [0.1, 0.15) is 11.1 Å². The second kappa shape index (κ2) is 3.38. The van der Waals surface area contributed by atoms with Crippen LogP contribution in [-0.2, 0) is 6.42 Å². The monoisotopic (exact) mass is 190 g/mol. The number of rotatable bonds is 0. The molecule has 13 heavy (non-hydrogen) atoms. The van der Waals surface area contributed by atoms with E-state index in [-0.39, 0.29) is 0 Å². The Labute approximate surface area is 80.3 Å². The van der Waals surface area contributed by atoms with Gasteiger partial charge in [0.25, 0.3) is 0 Å². The lowest BCUT2D eigenvalue weighted by atomic mass is 10.1. The van der Waals surface area contributed by atoms with E-state index in [1.165, 1.54) is 11.1 Å². The number of hydrogen-bond donors (Lipinski definition) is 0. The van der Waals surface area contributed by atoms with E-state index in [4.69, 9.17) is 4.74 Å². The van der Waals surface area contributed by atoms with Gasteiger partial charge >= 0.3 is 0 Å². The Balaban J connectivity index is 2.47. The highest BCUT2D eigenvalue weighted by Gasteiger charge is 2.05. The van der Waals surface area contributed by atoms with Gasteiger partial charge in [0.15, 0.2) is 5.50 Å². The van der Waals surface area contributed by atoms with Crippen LogP contribution in [0, 0.1) is 6.92 Å². The van der Waals surface area contributed by atoms with Crippen LogP contribution in [0.25, 0.3) is 0 Å². The summed E-state index contributed by atoms with van der Waals surface area (Å²) >= 11 is 0. The molecule has 1 aliphatic heterocycles. The van der Waals surface area contributed by atoms with Crippen molar-refractivity contribution in [2.24, 2.45) is 0 Å². The minimum atomic E-state index is 0.752. The Morgan fingerprint density at radius 2 is 2.31 bits per heavy atom. The maximum atomic E-state index is 5.55. The van der Waals surface area contributed by atoms with Crippen LogP contribution >= 0.6 is 9.24 Å². The van der Waals surface area contributed by atoms with Gasteiger partial charge in [-0.3, -0.25) is 0 Å². The summed E-state index contributed by atoms with van der Waals surface area (Å²) in [4.78, 5) is 0. The molecular weight excluding hydrogens is 179 g/mol. The van der Waals surface area contributed by atoms with Crippen molar-refractivity contribution in [2.75, 3.05) is 0 Å². The first kappa shape index (κ1) is 8.56. The molecule has 1 aromatic rings. The maximum Gasteiger partial charge on any atom is 0.161 e. The van der Waals surface area contributed by atoms with Crippen molar-refractivity contribution < 1.29 is 4.74 Å². The molecule has 0 fully saturated rings. The summed E-state index contributed by atoms with van der Waals surface area (Å²) in [5, 5.41) is 0. The van der Waals surface area contributed by atoms with Gasteiger partial charge in [0, 0.05) is 6.42 Å². The first-order chi connectivity index (χ1) is 6.25. The largest absolute Gasteiger partial charge is 0.449 e. The second-order valence-electron chi connectivity index (χ2n) is 3.13. The third kappa shape index (κ3) is 1.83. The molecule has 0 aromatic heterocycles. The van der Waals surface area contributed by atoms with Crippen LogP contribution < -0.4 is 4.74 Å². The zero-order valence-corrected chi connectivity index (χ0v) is 8.66. The Kier molecular flexibility index (Phi) is 2.22. The van der Waals surface area contributed by atoms with E-state index in [2.05, 4.69) is 34.0 Å². The molecule has 66 valence electrons. The highest BCUT2D eigenvalue weighted by Crippen LogP contribution is 2.26. The fourth-order valence-corrected chi connectivity index (χ4v) is 1.62. The average Bonchev–Trinajstić information content (AvgIpc) is 2.25. The van der Waals surface area contributed by atoms with Gasteiger partial charge in [0.05, 0.1) is 0 Å². The quantitative estimate of drug-likeness (QED) is 0.451. The fourth-order valence-electron chi connectivity index (χ4n) is 1.38. The van der Waals surface area contributed by atoms with Crippen LogP contribution in [0.3, 0.4) is 0 Å². The van der Waals surface area contributed by atoms with Gasteiger partial charge in [0.2, 0.25) is 0 Å². The van der Waals surface area contributed by atoms with E-state index in [1.54, 1.807) is 0 Å². The van der Waals surface area contributed by atoms with Crippen LogP contribution in [0.15, 0.2) is 35.5 Å². The topological polar surface area (TPSA) is 9.23 Å². The number of allylic oxidation sites excluding steroid dienone is 1. The molecule has 1 aromatic carbocycles. The molecule has 2 heteroatoms. The molecule has 2 rings (SSSR count). The first-order valence-corrected chi connectivity index (χ1v) is 4.81. The van der Waals surface area contributed by atoms with E-state index in [0.717, 1.165) is 17.7 Å².